The highest BCUT2D eigenvalue weighted by molar-refractivity contribution is 6.28. The van der Waals surface area contributed by atoms with E-state index in [2.05, 4.69) is 20.3 Å². The first-order valence-electron chi connectivity index (χ1n) is 6.77. The highest BCUT2D eigenvalue weighted by Gasteiger charge is 2.04. The van der Waals surface area contributed by atoms with Gasteiger partial charge in [0.2, 0.25) is 5.95 Å². The van der Waals surface area contributed by atoms with Gasteiger partial charge in [0, 0.05) is 31.5 Å². The average molecular weight is 319 g/mol. The van der Waals surface area contributed by atoms with E-state index in [0.29, 0.717) is 11.8 Å². The summed E-state index contributed by atoms with van der Waals surface area (Å²) in [6.07, 6.45) is 0. The van der Waals surface area contributed by atoms with Crippen LogP contribution in [0.15, 0.2) is 35.3 Å². The van der Waals surface area contributed by atoms with E-state index in [0.717, 1.165) is 22.9 Å². The molecule has 0 aliphatic heterocycles. The van der Waals surface area contributed by atoms with Crippen LogP contribution < -0.4 is 16.0 Å². The third-order valence-electron chi connectivity index (χ3n) is 2.83. The Balaban J connectivity index is 2.17. The van der Waals surface area contributed by atoms with Gasteiger partial charge in [-0.3, -0.25) is 0 Å². The molecule has 0 saturated carbocycles. The van der Waals surface area contributed by atoms with E-state index in [9.17, 15) is 0 Å². The first-order valence-corrected chi connectivity index (χ1v) is 7.30. The van der Waals surface area contributed by atoms with Crippen molar-refractivity contribution in [2.24, 2.45) is 10.7 Å². The number of aliphatic imine (C=N–C) groups is 1. The summed E-state index contributed by atoms with van der Waals surface area (Å²) >= 11 is 5.61. The number of aromatic nitrogens is 2. The SMILES string of the molecule is Cc1cc(N(C)C)nc(Nc2ccc(N=C(N)CCl)cc2)n1. The summed E-state index contributed by atoms with van der Waals surface area (Å²) in [5.74, 6) is 2.01. The van der Waals surface area contributed by atoms with E-state index < -0.39 is 0 Å². The Hall–Kier alpha value is -2.34. The zero-order valence-electron chi connectivity index (χ0n) is 12.8. The van der Waals surface area contributed by atoms with Gasteiger partial charge in [-0.05, 0) is 31.2 Å². The first kappa shape index (κ1) is 16.0. The molecule has 0 radical (unpaired) electrons. The Kier molecular flexibility index (Phi) is 5.16. The zero-order chi connectivity index (χ0) is 16.1. The van der Waals surface area contributed by atoms with Gasteiger partial charge >= 0.3 is 0 Å². The number of hydrogen-bond acceptors (Lipinski definition) is 5. The van der Waals surface area contributed by atoms with Crippen molar-refractivity contribution in [3.63, 3.8) is 0 Å². The number of anilines is 3. The molecule has 1 aromatic heterocycles. The lowest BCUT2D eigenvalue weighted by atomic mass is 10.3. The van der Waals surface area contributed by atoms with E-state index in [1.807, 2.05) is 56.3 Å². The number of halogens is 1. The maximum Gasteiger partial charge on any atom is 0.229 e. The lowest BCUT2D eigenvalue weighted by Crippen LogP contribution is -2.12. The van der Waals surface area contributed by atoms with Crippen LogP contribution in [0.4, 0.5) is 23.1 Å². The second kappa shape index (κ2) is 7.09. The van der Waals surface area contributed by atoms with Crippen LogP contribution in [0.1, 0.15) is 5.69 Å². The molecule has 1 heterocycles. The van der Waals surface area contributed by atoms with Crippen LogP contribution in [0.3, 0.4) is 0 Å². The minimum absolute atomic E-state index is 0.213. The normalized spacial score (nSPS) is 11.4. The third-order valence-corrected chi connectivity index (χ3v) is 3.11. The quantitative estimate of drug-likeness (QED) is 0.503. The molecule has 2 rings (SSSR count). The number of hydrogen-bond donors (Lipinski definition) is 2. The molecule has 0 aliphatic carbocycles. The summed E-state index contributed by atoms with van der Waals surface area (Å²) in [6, 6.07) is 9.41. The number of aryl methyl sites for hydroxylation is 1. The number of nitrogens with two attached hydrogens (primary N) is 1. The summed E-state index contributed by atoms with van der Waals surface area (Å²) in [4.78, 5) is 14.9. The molecule has 1 aromatic carbocycles. The van der Waals surface area contributed by atoms with Crippen LogP contribution in [0.5, 0.6) is 0 Å². The molecule has 22 heavy (non-hydrogen) atoms. The van der Waals surface area contributed by atoms with Crippen LogP contribution in [0.2, 0.25) is 0 Å². The molecule has 0 saturated heterocycles. The van der Waals surface area contributed by atoms with Crippen molar-refractivity contribution in [2.45, 2.75) is 6.92 Å². The summed E-state index contributed by atoms with van der Waals surface area (Å²) in [5, 5.41) is 3.18. The number of nitrogens with one attached hydrogen (secondary N) is 1. The van der Waals surface area contributed by atoms with E-state index in [4.69, 9.17) is 17.3 Å². The van der Waals surface area contributed by atoms with Crippen LogP contribution in [-0.2, 0) is 0 Å². The molecule has 0 spiro atoms. The topological polar surface area (TPSA) is 79.4 Å². The predicted octanol–water partition coefficient (Wildman–Crippen LogP) is 2.82. The number of alkyl halides is 1. The Morgan fingerprint density at radius 3 is 2.55 bits per heavy atom. The fraction of sp³-hybridized carbons (Fsp3) is 0.267. The van der Waals surface area contributed by atoms with E-state index in [1.54, 1.807) is 0 Å². The molecule has 7 heteroatoms. The van der Waals surface area contributed by atoms with Crippen molar-refractivity contribution < 1.29 is 0 Å². The van der Waals surface area contributed by atoms with Gasteiger partial charge in [-0.25, -0.2) is 9.98 Å². The fourth-order valence-corrected chi connectivity index (χ4v) is 1.84. The standard InChI is InChI=1S/C15H19ClN6/c1-10-8-14(22(2)3)21-15(18-10)20-12-6-4-11(5-7-12)19-13(17)9-16/h4-8H,9H2,1-3H3,(H2,17,19)(H,18,20,21). The van der Waals surface area contributed by atoms with Crippen LogP contribution in [0.25, 0.3) is 0 Å². The van der Waals surface area contributed by atoms with Gasteiger partial charge in [0.25, 0.3) is 0 Å². The molecular weight excluding hydrogens is 300 g/mol. The molecule has 0 bridgehead atoms. The molecule has 3 N–H and O–H groups in total. The fourth-order valence-electron chi connectivity index (χ4n) is 1.78. The van der Waals surface area contributed by atoms with Crippen LogP contribution in [0, 0.1) is 6.92 Å². The summed E-state index contributed by atoms with van der Waals surface area (Å²) in [7, 11) is 3.89. The average Bonchev–Trinajstić information content (AvgIpc) is 2.48. The highest BCUT2D eigenvalue weighted by Crippen LogP contribution is 2.20. The third kappa shape index (κ3) is 4.33. The molecular formula is C15H19ClN6. The summed E-state index contributed by atoms with van der Waals surface area (Å²) < 4.78 is 0. The van der Waals surface area contributed by atoms with E-state index >= 15 is 0 Å². The van der Waals surface area contributed by atoms with Gasteiger partial charge in [0.1, 0.15) is 11.7 Å². The Bertz CT molecular complexity index is 666. The number of nitrogens with zero attached hydrogens (tertiary/aromatic N) is 4. The zero-order valence-corrected chi connectivity index (χ0v) is 13.6. The van der Waals surface area contributed by atoms with Crippen molar-refractivity contribution >= 4 is 40.6 Å². The van der Waals surface area contributed by atoms with Crippen molar-refractivity contribution in [1.29, 1.82) is 0 Å². The molecule has 0 fully saturated rings. The van der Waals surface area contributed by atoms with Gasteiger partial charge in [-0.1, -0.05) is 0 Å². The van der Waals surface area contributed by atoms with Gasteiger partial charge in [-0.15, -0.1) is 11.6 Å². The lowest BCUT2D eigenvalue weighted by Gasteiger charge is -2.13. The van der Waals surface area contributed by atoms with Crippen molar-refractivity contribution in [1.82, 2.24) is 9.97 Å². The maximum absolute atomic E-state index is 5.61. The van der Waals surface area contributed by atoms with Crippen molar-refractivity contribution in [3.8, 4) is 0 Å². The monoisotopic (exact) mass is 318 g/mol. The van der Waals surface area contributed by atoms with Crippen LogP contribution >= 0.6 is 11.6 Å². The molecule has 0 unspecified atom stereocenters. The Labute approximate surface area is 135 Å². The molecule has 6 nitrogen and oxygen atoms in total. The summed E-state index contributed by atoms with van der Waals surface area (Å²) in [6.45, 7) is 1.94. The molecule has 0 aliphatic rings. The molecule has 116 valence electrons. The Morgan fingerprint density at radius 1 is 1.27 bits per heavy atom. The minimum Gasteiger partial charge on any atom is -0.386 e. The predicted molar refractivity (Wildman–Crippen MR) is 92.8 cm³/mol. The van der Waals surface area contributed by atoms with Gasteiger partial charge < -0.3 is 16.0 Å². The molecule has 0 amide bonds. The number of amidine groups is 1. The largest absolute Gasteiger partial charge is 0.386 e. The van der Waals surface area contributed by atoms with Gasteiger partial charge in [0.05, 0.1) is 11.6 Å². The van der Waals surface area contributed by atoms with Crippen molar-refractivity contribution in [3.05, 3.63) is 36.0 Å². The smallest absolute Gasteiger partial charge is 0.229 e. The second-order valence-electron chi connectivity index (χ2n) is 4.99. The van der Waals surface area contributed by atoms with Crippen molar-refractivity contribution in [2.75, 3.05) is 30.2 Å². The highest BCUT2D eigenvalue weighted by atomic mass is 35.5. The van der Waals surface area contributed by atoms with Crippen LogP contribution in [-0.4, -0.2) is 35.8 Å². The molecule has 0 atom stereocenters. The Morgan fingerprint density at radius 2 is 1.95 bits per heavy atom. The van der Waals surface area contributed by atoms with E-state index in [-0.39, 0.29) is 5.88 Å². The maximum atomic E-state index is 5.61. The van der Waals surface area contributed by atoms with Gasteiger partial charge in [-0.2, -0.15) is 4.98 Å². The lowest BCUT2D eigenvalue weighted by molar-refractivity contribution is 1.02. The van der Waals surface area contributed by atoms with Gasteiger partial charge in [0.15, 0.2) is 0 Å². The molecule has 2 aromatic rings. The number of rotatable bonds is 5. The minimum atomic E-state index is 0.213. The first-order chi connectivity index (χ1) is 10.5. The van der Waals surface area contributed by atoms with E-state index in [1.165, 1.54) is 0 Å². The second-order valence-corrected chi connectivity index (χ2v) is 5.26. The number of benzene rings is 1. The summed E-state index contributed by atoms with van der Waals surface area (Å²) in [5.41, 5.74) is 8.13.